The number of hydrogen-bond acceptors (Lipinski definition) is 5. The molecule has 8 nitrogen and oxygen atoms in total. The minimum atomic E-state index is -2.99. The fraction of sp³-hybridized carbons (Fsp3) is 0.882. The fourth-order valence-corrected chi connectivity index (χ4v) is 3.51. The number of nitrogens with zero attached hydrogens (tertiary/aromatic N) is 2. The quantitative estimate of drug-likeness (QED) is 0.315. The Balaban J connectivity index is 2.52. The maximum atomic E-state index is 12.6. The van der Waals surface area contributed by atoms with Crippen LogP contribution in [0, 0.1) is 5.41 Å². The van der Waals surface area contributed by atoms with Crippen LogP contribution in [0.25, 0.3) is 0 Å². The molecule has 0 aromatic heterocycles. The maximum Gasteiger partial charge on any atom is 0.230 e. The van der Waals surface area contributed by atoms with Crippen LogP contribution >= 0.6 is 0 Å². The molecule has 0 atom stereocenters. The molecule has 1 fully saturated rings. The van der Waals surface area contributed by atoms with E-state index < -0.39 is 15.3 Å². The Bertz CT molecular complexity index is 569. The van der Waals surface area contributed by atoms with Crippen molar-refractivity contribution >= 4 is 21.7 Å². The first-order valence-corrected chi connectivity index (χ1v) is 11.3. The van der Waals surface area contributed by atoms with Gasteiger partial charge in [0, 0.05) is 33.4 Å². The molecule has 1 saturated carbocycles. The molecule has 2 N–H and O–H groups in total. The Morgan fingerprint density at radius 1 is 1.19 bits per heavy atom. The summed E-state index contributed by atoms with van der Waals surface area (Å²) in [6, 6.07) is 0. The third-order valence-corrected chi connectivity index (χ3v) is 5.35. The van der Waals surface area contributed by atoms with Gasteiger partial charge in [0.25, 0.3) is 0 Å². The summed E-state index contributed by atoms with van der Waals surface area (Å²) in [6.07, 6.45) is 5.07. The standard InChI is InChI=1S/C17H34N4O4S/c1-5-18-16(19-10-11-25-12-13-26(4,23)24)20-14-17(8-6-7-9-17)15(22)21(2)3/h5-14H2,1-4H3,(H2,18,19,20). The van der Waals surface area contributed by atoms with Gasteiger partial charge in [-0.05, 0) is 19.8 Å². The van der Waals surface area contributed by atoms with Gasteiger partial charge in [0.2, 0.25) is 5.91 Å². The maximum absolute atomic E-state index is 12.6. The van der Waals surface area contributed by atoms with Crippen molar-refractivity contribution < 1.29 is 17.9 Å². The van der Waals surface area contributed by atoms with Gasteiger partial charge in [-0.25, -0.2) is 8.42 Å². The molecule has 0 spiro atoms. The predicted molar refractivity (Wildman–Crippen MR) is 104 cm³/mol. The van der Waals surface area contributed by atoms with E-state index in [1.807, 2.05) is 6.92 Å². The number of ether oxygens (including phenoxy) is 1. The number of carbonyl (C=O) groups is 1. The molecule has 152 valence electrons. The number of rotatable bonds is 10. The summed E-state index contributed by atoms with van der Waals surface area (Å²) in [5, 5.41) is 6.34. The van der Waals surface area contributed by atoms with Crippen molar-refractivity contribution in [2.45, 2.75) is 32.6 Å². The van der Waals surface area contributed by atoms with Gasteiger partial charge in [0.15, 0.2) is 5.96 Å². The summed E-state index contributed by atoms with van der Waals surface area (Å²) in [4.78, 5) is 18.9. The molecule has 0 aliphatic heterocycles. The van der Waals surface area contributed by atoms with E-state index in [0.717, 1.165) is 32.2 Å². The average molecular weight is 391 g/mol. The van der Waals surface area contributed by atoms with Crippen molar-refractivity contribution in [1.82, 2.24) is 15.5 Å². The van der Waals surface area contributed by atoms with Crippen LogP contribution in [0.15, 0.2) is 4.99 Å². The van der Waals surface area contributed by atoms with Crippen molar-refractivity contribution in [1.29, 1.82) is 0 Å². The van der Waals surface area contributed by atoms with Crippen molar-refractivity contribution in [2.24, 2.45) is 10.4 Å². The Hall–Kier alpha value is -1.35. The van der Waals surface area contributed by atoms with E-state index in [-0.39, 0.29) is 18.3 Å². The van der Waals surface area contributed by atoms with Gasteiger partial charge in [-0.2, -0.15) is 0 Å². The van der Waals surface area contributed by atoms with Gasteiger partial charge in [-0.15, -0.1) is 0 Å². The van der Waals surface area contributed by atoms with E-state index in [1.165, 1.54) is 6.26 Å². The van der Waals surface area contributed by atoms with Crippen LogP contribution in [0.4, 0.5) is 0 Å². The minimum absolute atomic E-state index is 0.0241. The molecular formula is C17H34N4O4S. The highest BCUT2D eigenvalue weighted by atomic mass is 32.2. The first-order valence-electron chi connectivity index (χ1n) is 9.19. The second kappa shape index (κ2) is 10.7. The Morgan fingerprint density at radius 3 is 2.38 bits per heavy atom. The minimum Gasteiger partial charge on any atom is -0.379 e. The lowest BCUT2D eigenvalue weighted by Gasteiger charge is -2.29. The van der Waals surface area contributed by atoms with Crippen LogP contribution < -0.4 is 10.6 Å². The highest BCUT2D eigenvalue weighted by Gasteiger charge is 2.41. The highest BCUT2D eigenvalue weighted by molar-refractivity contribution is 7.90. The first kappa shape index (κ1) is 22.7. The fourth-order valence-electron chi connectivity index (χ4n) is 3.09. The van der Waals surface area contributed by atoms with Crippen LogP contribution in [0.1, 0.15) is 32.6 Å². The molecule has 0 saturated heterocycles. The molecule has 26 heavy (non-hydrogen) atoms. The largest absolute Gasteiger partial charge is 0.379 e. The zero-order valence-electron chi connectivity index (χ0n) is 16.5. The summed E-state index contributed by atoms with van der Waals surface area (Å²) < 4.78 is 27.4. The normalized spacial score (nSPS) is 17.2. The molecule has 0 bridgehead atoms. The average Bonchev–Trinajstić information content (AvgIpc) is 3.03. The van der Waals surface area contributed by atoms with Gasteiger partial charge >= 0.3 is 0 Å². The molecule has 1 rings (SSSR count). The molecule has 1 amide bonds. The highest BCUT2D eigenvalue weighted by Crippen LogP contribution is 2.39. The summed E-state index contributed by atoms with van der Waals surface area (Å²) in [6.45, 7) is 4.26. The SMILES string of the molecule is CCNC(=NCC1(C(=O)N(C)C)CCCC1)NCCOCCS(C)(=O)=O. The second-order valence-electron chi connectivity index (χ2n) is 7.05. The zero-order chi connectivity index (χ0) is 19.6. The van der Waals surface area contributed by atoms with Crippen LogP contribution in [-0.4, -0.2) is 84.1 Å². The van der Waals surface area contributed by atoms with E-state index in [4.69, 9.17) is 4.74 Å². The van der Waals surface area contributed by atoms with Crippen molar-refractivity contribution in [2.75, 3.05) is 59.0 Å². The molecule has 0 unspecified atom stereocenters. The molecule has 0 aromatic rings. The number of hydrogen-bond donors (Lipinski definition) is 2. The van der Waals surface area contributed by atoms with E-state index in [0.29, 0.717) is 25.7 Å². The first-order chi connectivity index (χ1) is 12.2. The number of aliphatic imine (C=N–C) groups is 1. The molecule has 9 heteroatoms. The number of carbonyl (C=O) groups excluding carboxylic acids is 1. The number of guanidine groups is 1. The van der Waals surface area contributed by atoms with Gasteiger partial charge in [-0.3, -0.25) is 9.79 Å². The third kappa shape index (κ3) is 7.90. The summed E-state index contributed by atoms with van der Waals surface area (Å²) >= 11 is 0. The van der Waals surface area contributed by atoms with E-state index in [9.17, 15) is 13.2 Å². The molecular weight excluding hydrogens is 356 g/mol. The van der Waals surface area contributed by atoms with Gasteiger partial charge in [0.05, 0.1) is 30.9 Å². The summed E-state index contributed by atoms with van der Waals surface area (Å²) in [5.74, 6) is 0.826. The van der Waals surface area contributed by atoms with E-state index in [2.05, 4.69) is 15.6 Å². The molecule has 1 aliphatic rings. The zero-order valence-corrected chi connectivity index (χ0v) is 17.3. The van der Waals surface area contributed by atoms with Gasteiger partial charge in [-0.1, -0.05) is 12.8 Å². The Kier molecular flexibility index (Phi) is 9.35. The summed E-state index contributed by atoms with van der Waals surface area (Å²) in [7, 11) is 0.596. The molecule has 0 aromatic carbocycles. The second-order valence-corrected chi connectivity index (χ2v) is 9.31. The third-order valence-electron chi connectivity index (χ3n) is 4.44. The summed E-state index contributed by atoms with van der Waals surface area (Å²) in [5.41, 5.74) is -0.391. The van der Waals surface area contributed by atoms with Gasteiger partial charge in [0.1, 0.15) is 9.84 Å². The topological polar surface area (TPSA) is 100 Å². The Labute approximate surface area is 157 Å². The van der Waals surface area contributed by atoms with Crippen molar-refractivity contribution in [3.05, 3.63) is 0 Å². The van der Waals surface area contributed by atoms with E-state index in [1.54, 1.807) is 19.0 Å². The van der Waals surface area contributed by atoms with Crippen LogP contribution in [-0.2, 0) is 19.4 Å². The van der Waals surface area contributed by atoms with Crippen molar-refractivity contribution in [3.8, 4) is 0 Å². The van der Waals surface area contributed by atoms with Gasteiger partial charge < -0.3 is 20.3 Å². The van der Waals surface area contributed by atoms with Crippen molar-refractivity contribution in [3.63, 3.8) is 0 Å². The lowest BCUT2D eigenvalue weighted by molar-refractivity contribution is -0.138. The molecule has 0 radical (unpaired) electrons. The smallest absolute Gasteiger partial charge is 0.230 e. The van der Waals surface area contributed by atoms with Crippen LogP contribution in [0.3, 0.4) is 0 Å². The molecule has 1 aliphatic carbocycles. The predicted octanol–water partition coefficient (Wildman–Crippen LogP) is 0.251. The van der Waals surface area contributed by atoms with E-state index >= 15 is 0 Å². The number of sulfone groups is 1. The lowest BCUT2D eigenvalue weighted by atomic mass is 9.85. The number of nitrogens with one attached hydrogen (secondary N) is 2. The number of amides is 1. The Morgan fingerprint density at radius 2 is 1.85 bits per heavy atom. The monoisotopic (exact) mass is 390 g/mol. The lowest BCUT2D eigenvalue weighted by Crippen LogP contribution is -2.43. The van der Waals surface area contributed by atoms with Crippen LogP contribution in [0.5, 0.6) is 0 Å². The molecule has 0 heterocycles. The van der Waals surface area contributed by atoms with Crippen LogP contribution in [0.2, 0.25) is 0 Å².